The molecular weight excluding hydrogens is 660 g/mol. The van der Waals surface area contributed by atoms with E-state index in [9.17, 15) is 14.4 Å². The van der Waals surface area contributed by atoms with Gasteiger partial charge in [0.25, 0.3) is 5.91 Å². The summed E-state index contributed by atoms with van der Waals surface area (Å²) in [7, 11) is 3.38. The van der Waals surface area contributed by atoms with Crippen LogP contribution >= 0.6 is 11.6 Å². The van der Waals surface area contributed by atoms with Crippen molar-refractivity contribution in [2.24, 2.45) is 11.5 Å². The van der Waals surface area contributed by atoms with Crippen LogP contribution in [0.1, 0.15) is 54.1 Å². The molecule has 2 atom stereocenters. The summed E-state index contributed by atoms with van der Waals surface area (Å²) in [5, 5.41) is 3.79. The number of carbonyl (C=O) groups is 3. The summed E-state index contributed by atoms with van der Waals surface area (Å²) in [4.78, 5) is 50.7. The fourth-order valence-electron chi connectivity index (χ4n) is 7.11. The molecule has 1 aromatic carbocycles. The molecule has 2 aromatic rings. The fraction of sp³-hybridized carbons (Fsp3) is 0.444. The normalized spacial score (nSPS) is 21.1. The molecule has 0 radical (unpaired) electrons. The van der Waals surface area contributed by atoms with Gasteiger partial charge in [0.1, 0.15) is 11.7 Å². The van der Waals surface area contributed by atoms with E-state index in [2.05, 4.69) is 16.8 Å². The Morgan fingerprint density at radius 3 is 2.46 bits per heavy atom. The van der Waals surface area contributed by atoms with Gasteiger partial charge in [0, 0.05) is 83.7 Å². The molecule has 2 aliphatic heterocycles. The lowest BCUT2D eigenvalue weighted by Gasteiger charge is -2.40. The molecule has 4 amide bonds. The number of hydrogen-bond donors (Lipinski definition) is 3. The highest BCUT2D eigenvalue weighted by molar-refractivity contribution is 6.30. The highest BCUT2D eigenvalue weighted by atomic mass is 35.5. The van der Waals surface area contributed by atoms with Gasteiger partial charge in [-0.15, -0.1) is 0 Å². The smallest absolute Gasteiger partial charge is 0.410 e. The molecule has 1 aromatic heterocycles. The topological polar surface area (TPSA) is 160 Å². The van der Waals surface area contributed by atoms with Gasteiger partial charge in [-0.05, 0) is 65.6 Å². The summed E-state index contributed by atoms with van der Waals surface area (Å²) in [6.07, 6.45) is 8.73. The number of nitrogens with zero attached hydrogens (tertiary/aromatic N) is 5. The van der Waals surface area contributed by atoms with Crippen LogP contribution in [0.2, 0.25) is 5.02 Å². The first-order valence-electron chi connectivity index (χ1n) is 16.9. The SMILES string of the molecule is C=CN(C)/C(=C\N)[C@H](NC(=O)C1(OC)CC1)C1=Cc2cccnc2[C@@H](N2CCN(C(=O)OC3CCN(C(N)=O)CC3)CC2)c2ccc(Cl)cc21. The van der Waals surface area contributed by atoms with E-state index in [1.54, 1.807) is 34.2 Å². The van der Waals surface area contributed by atoms with Crippen LogP contribution in [0.4, 0.5) is 9.59 Å². The minimum atomic E-state index is -0.878. The van der Waals surface area contributed by atoms with Crippen LogP contribution in [0.3, 0.4) is 0 Å². The van der Waals surface area contributed by atoms with Crippen LogP contribution in [-0.4, -0.2) is 114 Å². The van der Waals surface area contributed by atoms with Gasteiger partial charge in [0.15, 0.2) is 0 Å². The Morgan fingerprint density at radius 1 is 1.12 bits per heavy atom. The molecular formula is C36H45ClN8O5. The van der Waals surface area contributed by atoms with Gasteiger partial charge in [-0.3, -0.25) is 14.7 Å². The maximum absolute atomic E-state index is 13.7. The molecule has 2 aliphatic carbocycles. The monoisotopic (exact) mass is 704 g/mol. The lowest BCUT2D eigenvalue weighted by molar-refractivity contribution is -0.133. The van der Waals surface area contributed by atoms with Gasteiger partial charge in [0.05, 0.1) is 23.5 Å². The van der Waals surface area contributed by atoms with Gasteiger partial charge in [-0.25, -0.2) is 9.59 Å². The zero-order chi connectivity index (χ0) is 35.6. The average molecular weight is 705 g/mol. The second-order valence-electron chi connectivity index (χ2n) is 13.1. The van der Waals surface area contributed by atoms with E-state index in [1.165, 1.54) is 6.20 Å². The zero-order valence-electron chi connectivity index (χ0n) is 28.5. The van der Waals surface area contributed by atoms with Crippen LogP contribution in [-0.2, 0) is 14.3 Å². The number of pyridine rings is 1. The first kappa shape index (κ1) is 35.2. The number of nitrogens with one attached hydrogen (secondary N) is 1. The van der Waals surface area contributed by atoms with Crippen LogP contribution in [0.15, 0.2) is 61.2 Å². The van der Waals surface area contributed by atoms with Crippen molar-refractivity contribution >= 4 is 41.3 Å². The summed E-state index contributed by atoms with van der Waals surface area (Å²) in [5.41, 5.74) is 15.7. The molecule has 2 saturated heterocycles. The first-order chi connectivity index (χ1) is 24.1. The number of piperazine rings is 1. The highest BCUT2D eigenvalue weighted by Crippen LogP contribution is 2.44. The van der Waals surface area contributed by atoms with Crippen molar-refractivity contribution < 1.29 is 23.9 Å². The van der Waals surface area contributed by atoms with E-state index in [0.29, 0.717) is 75.7 Å². The molecule has 6 rings (SSSR count). The molecule has 0 bridgehead atoms. The summed E-state index contributed by atoms with van der Waals surface area (Å²) < 4.78 is 11.5. The second kappa shape index (κ2) is 14.7. The van der Waals surface area contributed by atoms with Crippen LogP contribution in [0.5, 0.6) is 0 Å². The van der Waals surface area contributed by atoms with Gasteiger partial charge in [-0.2, -0.15) is 0 Å². The van der Waals surface area contributed by atoms with E-state index >= 15 is 0 Å². The Labute approximate surface area is 297 Å². The largest absolute Gasteiger partial charge is 0.446 e. The van der Waals surface area contributed by atoms with Crippen molar-refractivity contribution in [3.63, 3.8) is 0 Å². The van der Waals surface area contributed by atoms with Crippen molar-refractivity contribution in [2.75, 3.05) is 53.4 Å². The maximum atomic E-state index is 13.7. The Kier molecular flexibility index (Phi) is 10.4. The standard InChI is InChI=1S/C36H45ClN8O5/c1-4-42(2)29(22-38)31(41-33(46)36(49-3)11-12-36)28-20-23-6-5-13-40-30(23)32(26-8-7-24(37)21-27(26)28)43-16-18-45(19-17-43)35(48)50-25-9-14-44(15-10-25)34(39)47/h4-8,13,20-22,25,31-32H,1,9-12,14-19,38H2,2-3H3,(H2,39,47)(H,41,46)/b29-22-/t31-,32+/m1/s1. The van der Waals surface area contributed by atoms with Crippen molar-refractivity contribution in [1.82, 2.24) is 29.9 Å². The second-order valence-corrected chi connectivity index (χ2v) is 13.6. The number of likely N-dealkylation sites (N-methyl/N-ethyl adjacent to an activating group) is 1. The Balaban J connectivity index is 1.30. The first-order valence-corrected chi connectivity index (χ1v) is 17.3. The quantitative estimate of drug-likeness (QED) is 0.355. The molecule has 1 saturated carbocycles. The van der Waals surface area contributed by atoms with Gasteiger partial charge in [-0.1, -0.05) is 30.3 Å². The predicted octanol–water partition coefficient (Wildman–Crippen LogP) is 3.51. The van der Waals surface area contributed by atoms with E-state index in [1.807, 2.05) is 43.5 Å². The number of urea groups is 1. The number of nitrogens with two attached hydrogens (primary N) is 2. The minimum absolute atomic E-state index is 0.222. The van der Waals surface area contributed by atoms with Gasteiger partial charge < -0.3 is 41.0 Å². The third kappa shape index (κ3) is 7.03. The number of likely N-dealkylation sites (tertiary alicyclic amines) is 1. The highest BCUT2D eigenvalue weighted by Gasteiger charge is 2.51. The molecule has 14 heteroatoms. The maximum Gasteiger partial charge on any atom is 0.410 e. The summed E-state index contributed by atoms with van der Waals surface area (Å²) in [6.45, 7) is 6.94. The zero-order valence-corrected chi connectivity index (χ0v) is 29.3. The summed E-state index contributed by atoms with van der Waals surface area (Å²) in [6, 6.07) is 8.28. The minimum Gasteiger partial charge on any atom is -0.446 e. The van der Waals surface area contributed by atoms with Crippen LogP contribution in [0.25, 0.3) is 11.6 Å². The van der Waals surface area contributed by atoms with E-state index in [0.717, 1.165) is 28.0 Å². The number of fused-ring (bicyclic) bond motifs is 2. The fourth-order valence-corrected chi connectivity index (χ4v) is 7.28. The molecule has 13 nitrogen and oxygen atoms in total. The number of rotatable bonds is 9. The predicted molar refractivity (Wildman–Crippen MR) is 190 cm³/mol. The van der Waals surface area contributed by atoms with E-state index in [4.69, 9.17) is 37.5 Å². The number of primary amides is 1. The Morgan fingerprint density at radius 2 is 1.84 bits per heavy atom. The Bertz CT molecular complexity index is 1690. The molecule has 4 aliphatic rings. The third-order valence-electron chi connectivity index (χ3n) is 10.3. The molecule has 3 fully saturated rings. The number of hydrogen-bond acceptors (Lipinski definition) is 9. The van der Waals surface area contributed by atoms with E-state index < -0.39 is 17.7 Å². The van der Waals surface area contributed by atoms with Crippen LogP contribution < -0.4 is 16.8 Å². The average Bonchev–Trinajstić information content (AvgIpc) is 3.95. The van der Waals surface area contributed by atoms with Crippen molar-refractivity contribution in [3.05, 3.63) is 88.6 Å². The summed E-state index contributed by atoms with van der Waals surface area (Å²) in [5.74, 6) is -0.222. The van der Waals surface area contributed by atoms with Crippen molar-refractivity contribution in [1.29, 1.82) is 0 Å². The number of piperidine rings is 1. The molecule has 0 unspecified atom stereocenters. The van der Waals surface area contributed by atoms with Crippen molar-refractivity contribution in [3.8, 4) is 0 Å². The molecule has 50 heavy (non-hydrogen) atoms. The number of ether oxygens (including phenoxy) is 2. The molecule has 3 heterocycles. The van der Waals surface area contributed by atoms with Crippen molar-refractivity contribution in [2.45, 2.75) is 49.5 Å². The molecule has 0 spiro atoms. The number of halogens is 1. The lowest BCUT2D eigenvalue weighted by atomic mass is 9.89. The third-order valence-corrected chi connectivity index (χ3v) is 10.5. The lowest BCUT2D eigenvalue weighted by Crippen LogP contribution is -2.51. The van der Waals surface area contributed by atoms with Crippen LogP contribution in [0, 0.1) is 0 Å². The molecule has 266 valence electrons. The Hall–Kier alpha value is -4.59. The van der Waals surface area contributed by atoms with Gasteiger partial charge in [0.2, 0.25) is 0 Å². The number of amides is 4. The summed E-state index contributed by atoms with van der Waals surface area (Å²) >= 11 is 6.70. The number of aromatic nitrogens is 1. The van der Waals surface area contributed by atoms with E-state index in [-0.39, 0.29) is 24.1 Å². The van der Waals surface area contributed by atoms with Gasteiger partial charge >= 0.3 is 12.1 Å². The number of benzene rings is 1. The molecule has 5 N–H and O–H groups in total. The number of carbonyl (C=O) groups excluding carboxylic acids is 3. The number of methoxy groups -OCH3 is 1.